The summed E-state index contributed by atoms with van der Waals surface area (Å²) < 4.78 is 10.6. The summed E-state index contributed by atoms with van der Waals surface area (Å²) in [7, 11) is 1.67. The van der Waals surface area contributed by atoms with Crippen LogP contribution in [0.1, 0.15) is 20.8 Å². The number of nitrogen functional groups attached to an aromatic ring is 1. The SMILES string of the molecule is COCC(C)Nc1ccc(N)c(OC(C)C)n1. The highest BCUT2D eigenvalue weighted by Gasteiger charge is 2.08. The average molecular weight is 239 g/mol. The van der Waals surface area contributed by atoms with Gasteiger partial charge in [-0.05, 0) is 32.9 Å². The van der Waals surface area contributed by atoms with E-state index in [1.165, 1.54) is 0 Å². The minimum Gasteiger partial charge on any atom is -0.473 e. The Labute approximate surface area is 102 Å². The predicted molar refractivity (Wildman–Crippen MR) is 69.4 cm³/mol. The first-order chi connectivity index (χ1) is 8.02. The number of aromatic nitrogens is 1. The first kappa shape index (κ1) is 13.6. The van der Waals surface area contributed by atoms with Gasteiger partial charge in [0.1, 0.15) is 5.82 Å². The van der Waals surface area contributed by atoms with Crippen LogP contribution < -0.4 is 15.8 Å². The third-order valence-corrected chi connectivity index (χ3v) is 2.05. The van der Waals surface area contributed by atoms with E-state index in [1.54, 1.807) is 13.2 Å². The summed E-state index contributed by atoms with van der Waals surface area (Å²) in [6.45, 7) is 6.51. The van der Waals surface area contributed by atoms with Crippen molar-refractivity contribution < 1.29 is 9.47 Å². The second-order valence-electron chi connectivity index (χ2n) is 4.26. The standard InChI is InChI=1S/C12H21N3O2/c1-8(2)17-12-10(13)5-6-11(15-12)14-9(3)7-16-4/h5-6,8-9H,7,13H2,1-4H3,(H,14,15). The molecule has 1 rings (SSSR count). The molecular formula is C12H21N3O2. The average Bonchev–Trinajstić information content (AvgIpc) is 2.22. The maximum atomic E-state index is 5.79. The van der Waals surface area contributed by atoms with Gasteiger partial charge in [-0.1, -0.05) is 0 Å². The van der Waals surface area contributed by atoms with Gasteiger partial charge in [-0.25, -0.2) is 0 Å². The molecule has 0 saturated heterocycles. The number of nitrogens with two attached hydrogens (primary N) is 1. The smallest absolute Gasteiger partial charge is 0.239 e. The number of pyridine rings is 1. The number of hydrogen-bond acceptors (Lipinski definition) is 5. The third kappa shape index (κ3) is 4.48. The van der Waals surface area contributed by atoms with Crippen LogP contribution in [-0.2, 0) is 4.74 Å². The van der Waals surface area contributed by atoms with Crippen molar-refractivity contribution in [3.63, 3.8) is 0 Å². The second-order valence-corrected chi connectivity index (χ2v) is 4.26. The monoisotopic (exact) mass is 239 g/mol. The van der Waals surface area contributed by atoms with Crippen LogP contribution in [-0.4, -0.2) is 30.8 Å². The Morgan fingerprint density at radius 2 is 2.06 bits per heavy atom. The van der Waals surface area contributed by atoms with E-state index in [0.29, 0.717) is 18.2 Å². The van der Waals surface area contributed by atoms with Gasteiger partial charge in [-0.3, -0.25) is 0 Å². The van der Waals surface area contributed by atoms with E-state index in [9.17, 15) is 0 Å². The van der Waals surface area contributed by atoms with Gasteiger partial charge in [0.25, 0.3) is 0 Å². The molecule has 1 aromatic rings. The Morgan fingerprint density at radius 1 is 1.35 bits per heavy atom. The highest BCUT2D eigenvalue weighted by atomic mass is 16.5. The molecule has 0 aromatic carbocycles. The zero-order valence-corrected chi connectivity index (χ0v) is 10.9. The lowest BCUT2D eigenvalue weighted by atomic mass is 10.3. The van der Waals surface area contributed by atoms with Crippen molar-refractivity contribution in [3.8, 4) is 5.88 Å². The molecule has 0 saturated carbocycles. The molecule has 3 N–H and O–H groups in total. The van der Waals surface area contributed by atoms with E-state index in [2.05, 4.69) is 10.3 Å². The van der Waals surface area contributed by atoms with Crippen LogP contribution in [0.25, 0.3) is 0 Å². The van der Waals surface area contributed by atoms with Crippen LogP contribution >= 0.6 is 0 Å². The molecular weight excluding hydrogens is 218 g/mol. The molecule has 0 aliphatic carbocycles. The molecule has 0 fully saturated rings. The Hall–Kier alpha value is -1.49. The third-order valence-electron chi connectivity index (χ3n) is 2.05. The summed E-state index contributed by atoms with van der Waals surface area (Å²) in [6.07, 6.45) is 0.0523. The van der Waals surface area contributed by atoms with Gasteiger partial charge < -0.3 is 20.5 Å². The van der Waals surface area contributed by atoms with Crippen molar-refractivity contribution in [1.82, 2.24) is 4.98 Å². The number of hydrogen-bond donors (Lipinski definition) is 2. The topological polar surface area (TPSA) is 69.4 Å². The highest BCUT2D eigenvalue weighted by molar-refractivity contribution is 5.53. The van der Waals surface area contributed by atoms with Gasteiger partial charge in [-0.2, -0.15) is 4.98 Å². The van der Waals surface area contributed by atoms with Gasteiger partial charge in [0.15, 0.2) is 0 Å². The summed E-state index contributed by atoms with van der Waals surface area (Å²) in [4.78, 5) is 4.32. The molecule has 17 heavy (non-hydrogen) atoms. The Balaban J connectivity index is 2.74. The summed E-state index contributed by atoms with van der Waals surface area (Å²) >= 11 is 0. The molecule has 5 nitrogen and oxygen atoms in total. The van der Waals surface area contributed by atoms with Crippen LogP contribution in [0.2, 0.25) is 0 Å². The maximum Gasteiger partial charge on any atom is 0.239 e. The first-order valence-electron chi connectivity index (χ1n) is 5.71. The van der Waals surface area contributed by atoms with Crippen LogP contribution in [0.4, 0.5) is 11.5 Å². The fourth-order valence-corrected chi connectivity index (χ4v) is 1.39. The Kier molecular flexibility index (Phi) is 5.03. The molecule has 1 heterocycles. The molecule has 0 radical (unpaired) electrons. The summed E-state index contributed by atoms with van der Waals surface area (Å²) in [6, 6.07) is 3.80. The van der Waals surface area contributed by atoms with Crippen molar-refractivity contribution in [1.29, 1.82) is 0 Å². The van der Waals surface area contributed by atoms with Gasteiger partial charge in [0, 0.05) is 13.2 Å². The Bertz CT molecular complexity index is 356. The molecule has 1 aromatic heterocycles. The molecule has 5 heteroatoms. The first-order valence-corrected chi connectivity index (χ1v) is 5.71. The van der Waals surface area contributed by atoms with Gasteiger partial charge in [0.05, 0.1) is 18.4 Å². The van der Waals surface area contributed by atoms with Crippen molar-refractivity contribution in [2.24, 2.45) is 0 Å². The minimum atomic E-state index is 0.0523. The normalized spacial score (nSPS) is 12.5. The lowest BCUT2D eigenvalue weighted by Crippen LogP contribution is -2.21. The molecule has 0 aliphatic rings. The van der Waals surface area contributed by atoms with Gasteiger partial charge >= 0.3 is 0 Å². The summed E-state index contributed by atoms with van der Waals surface area (Å²) in [5, 5.41) is 3.21. The number of anilines is 2. The van der Waals surface area contributed by atoms with E-state index in [0.717, 1.165) is 5.82 Å². The molecule has 1 unspecified atom stereocenters. The van der Waals surface area contributed by atoms with E-state index < -0.39 is 0 Å². The second kappa shape index (κ2) is 6.30. The van der Waals surface area contributed by atoms with Crippen LogP contribution in [0.5, 0.6) is 5.88 Å². The van der Waals surface area contributed by atoms with Crippen molar-refractivity contribution in [2.75, 3.05) is 24.8 Å². The van der Waals surface area contributed by atoms with Gasteiger partial charge in [0.2, 0.25) is 5.88 Å². The van der Waals surface area contributed by atoms with Gasteiger partial charge in [-0.15, -0.1) is 0 Å². The maximum absolute atomic E-state index is 5.79. The quantitative estimate of drug-likeness (QED) is 0.793. The molecule has 0 spiro atoms. The fraction of sp³-hybridized carbons (Fsp3) is 0.583. The number of methoxy groups -OCH3 is 1. The number of ether oxygens (including phenoxy) is 2. The molecule has 96 valence electrons. The lowest BCUT2D eigenvalue weighted by Gasteiger charge is -2.16. The van der Waals surface area contributed by atoms with Crippen molar-refractivity contribution in [3.05, 3.63) is 12.1 Å². The molecule has 0 aliphatic heterocycles. The molecule has 0 bridgehead atoms. The zero-order valence-electron chi connectivity index (χ0n) is 10.9. The number of nitrogens with zero attached hydrogens (tertiary/aromatic N) is 1. The van der Waals surface area contributed by atoms with E-state index in [1.807, 2.05) is 26.8 Å². The lowest BCUT2D eigenvalue weighted by molar-refractivity contribution is 0.190. The summed E-state index contributed by atoms with van der Waals surface area (Å²) in [5.41, 5.74) is 6.33. The fourth-order valence-electron chi connectivity index (χ4n) is 1.39. The van der Waals surface area contributed by atoms with Crippen molar-refractivity contribution in [2.45, 2.75) is 32.9 Å². The van der Waals surface area contributed by atoms with Crippen molar-refractivity contribution >= 4 is 11.5 Å². The predicted octanol–water partition coefficient (Wildman–Crippen LogP) is 1.90. The molecule has 0 amide bonds. The highest BCUT2D eigenvalue weighted by Crippen LogP contribution is 2.22. The molecule has 1 atom stereocenters. The van der Waals surface area contributed by atoms with E-state index in [-0.39, 0.29) is 12.1 Å². The largest absolute Gasteiger partial charge is 0.473 e. The Morgan fingerprint density at radius 3 is 2.65 bits per heavy atom. The number of rotatable bonds is 6. The van der Waals surface area contributed by atoms with Crippen LogP contribution in [0.15, 0.2) is 12.1 Å². The van der Waals surface area contributed by atoms with E-state index >= 15 is 0 Å². The number of nitrogens with one attached hydrogen (secondary N) is 1. The van der Waals surface area contributed by atoms with Crippen LogP contribution in [0, 0.1) is 0 Å². The summed E-state index contributed by atoms with van der Waals surface area (Å²) in [5.74, 6) is 1.20. The van der Waals surface area contributed by atoms with Crippen LogP contribution in [0.3, 0.4) is 0 Å². The zero-order chi connectivity index (χ0) is 12.8. The minimum absolute atomic E-state index is 0.0523. The van der Waals surface area contributed by atoms with E-state index in [4.69, 9.17) is 15.2 Å².